The molecule has 90 valence electrons. The van der Waals surface area contributed by atoms with E-state index in [0.717, 1.165) is 6.07 Å². The number of benzene rings is 1. The zero-order chi connectivity index (χ0) is 12.3. The number of aliphatic hydroxyl groups excluding tert-OH is 1. The molecule has 3 heteroatoms. The Morgan fingerprint density at radius 1 is 1.12 bits per heavy atom. The molecule has 1 nitrogen and oxygen atoms in total. The van der Waals surface area contributed by atoms with Gasteiger partial charge in [-0.1, -0.05) is 20.8 Å². The minimum absolute atomic E-state index is 0.0140. The summed E-state index contributed by atoms with van der Waals surface area (Å²) in [5.74, 6) is -1.19. The van der Waals surface area contributed by atoms with Crippen molar-refractivity contribution < 1.29 is 13.9 Å². The Morgan fingerprint density at radius 2 is 1.62 bits per heavy atom. The van der Waals surface area contributed by atoms with Crippen LogP contribution in [0, 0.1) is 17.0 Å². The molecular formula is C13H18F2O. The van der Waals surface area contributed by atoms with Crippen molar-refractivity contribution in [3.05, 3.63) is 35.4 Å². The summed E-state index contributed by atoms with van der Waals surface area (Å²) < 4.78 is 26.2. The van der Waals surface area contributed by atoms with Gasteiger partial charge in [-0.25, -0.2) is 8.78 Å². The van der Waals surface area contributed by atoms with Gasteiger partial charge in [0.05, 0.1) is 0 Å². The first-order chi connectivity index (χ1) is 7.34. The first kappa shape index (κ1) is 13.1. The van der Waals surface area contributed by atoms with E-state index in [2.05, 4.69) is 0 Å². The Kier molecular flexibility index (Phi) is 4.03. The molecule has 1 unspecified atom stereocenters. The minimum atomic E-state index is -0.567. The molecular weight excluding hydrogens is 210 g/mol. The molecule has 0 aromatic heterocycles. The van der Waals surface area contributed by atoms with Crippen molar-refractivity contribution in [3.63, 3.8) is 0 Å². The van der Waals surface area contributed by atoms with Crippen molar-refractivity contribution in [3.8, 4) is 0 Å². The molecule has 1 rings (SSSR count). The van der Waals surface area contributed by atoms with Crippen molar-refractivity contribution in [1.82, 2.24) is 0 Å². The number of hydrogen-bond donors (Lipinski definition) is 1. The van der Waals surface area contributed by atoms with Gasteiger partial charge in [0.2, 0.25) is 0 Å². The van der Waals surface area contributed by atoms with Crippen LogP contribution in [0.3, 0.4) is 0 Å². The van der Waals surface area contributed by atoms with E-state index in [1.165, 1.54) is 12.1 Å². The predicted molar refractivity (Wildman–Crippen MR) is 60.3 cm³/mol. The Labute approximate surface area is 95.1 Å². The highest BCUT2D eigenvalue weighted by Gasteiger charge is 2.26. The average Bonchev–Trinajstić information content (AvgIpc) is 2.10. The standard InChI is InChI=1S/C13H18F2O/c1-13(2,3)12(4-5-16)9-6-10(14)8-11(15)7-9/h6-8,12,16H,4-5H2,1-3H3. The van der Waals surface area contributed by atoms with Crippen LogP contribution in [-0.4, -0.2) is 11.7 Å². The molecule has 0 aliphatic heterocycles. The van der Waals surface area contributed by atoms with Crippen LogP contribution in [0.1, 0.15) is 38.7 Å². The van der Waals surface area contributed by atoms with Crippen LogP contribution in [-0.2, 0) is 0 Å². The van der Waals surface area contributed by atoms with Crippen molar-refractivity contribution >= 4 is 0 Å². The molecule has 0 aliphatic rings. The normalized spacial score (nSPS) is 13.9. The van der Waals surface area contributed by atoms with Gasteiger partial charge >= 0.3 is 0 Å². The molecule has 0 heterocycles. The summed E-state index contributed by atoms with van der Waals surface area (Å²) in [6.45, 7) is 6.00. The highest BCUT2D eigenvalue weighted by Crippen LogP contribution is 2.37. The molecule has 16 heavy (non-hydrogen) atoms. The number of aliphatic hydroxyl groups is 1. The molecule has 0 amide bonds. The Bertz CT molecular complexity index is 335. The van der Waals surface area contributed by atoms with Crippen molar-refractivity contribution in [2.45, 2.75) is 33.1 Å². The van der Waals surface area contributed by atoms with E-state index in [9.17, 15) is 8.78 Å². The molecule has 0 fully saturated rings. The molecule has 1 aromatic carbocycles. The van der Waals surface area contributed by atoms with Crippen LogP contribution < -0.4 is 0 Å². The van der Waals surface area contributed by atoms with E-state index in [4.69, 9.17) is 5.11 Å². The van der Waals surface area contributed by atoms with Crippen molar-refractivity contribution in [1.29, 1.82) is 0 Å². The lowest BCUT2D eigenvalue weighted by atomic mass is 9.75. The Morgan fingerprint density at radius 3 is 2.00 bits per heavy atom. The average molecular weight is 228 g/mol. The molecule has 0 aliphatic carbocycles. The van der Waals surface area contributed by atoms with Crippen molar-refractivity contribution in [2.24, 2.45) is 5.41 Å². The third-order valence-electron chi connectivity index (χ3n) is 2.75. The van der Waals surface area contributed by atoms with Gasteiger partial charge in [-0.05, 0) is 35.4 Å². The zero-order valence-electron chi connectivity index (χ0n) is 9.93. The van der Waals surface area contributed by atoms with E-state index in [1.807, 2.05) is 20.8 Å². The van der Waals surface area contributed by atoms with E-state index in [0.29, 0.717) is 12.0 Å². The highest BCUT2D eigenvalue weighted by molar-refractivity contribution is 5.23. The topological polar surface area (TPSA) is 20.2 Å². The second-order valence-electron chi connectivity index (χ2n) is 5.13. The smallest absolute Gasteiger partial charge is 0.126 e. The van der Waals surface area contributed by atoms with E-state index in [1.54, 1.807) is 0 Å². The van der Waals surface area contributed by atoms with Gasteiger partial charge < -0.3 is 5.11 Å². The van der Waals surface area contributed by atoms with Crippen LogP contribution in [0.25, 0.3) is 0 Å². The lowest BCUT2D eigenvalue weighted by Crippen LogP contribution is -2.20. The quantitative estimate of drug-likeness (QED) is 0.839. The first-order valence-electron chi connectivity index (χ1n) is 5.41. The molecule has 1 aromatic rings. The number of hydrogen-bond acceptors (Lipinski definition) is 1. The fourth-order valence-electron chi connectivity index (χ4n) is 2.01. The maximum Gasteiger partial charge on any atom is 0.126 e. The maximum atomic E-state index is 13.1. The predicted octanol–water partition coefficient (Wildman–Crippen LogP) is 3.48. The molecule has 0 radical (unpaired) electrons. The number of rotatable bonds is 3. The highest BCUT2D eigenvalue weighted by atomic mass is 19.1. The third-order valence-corrected chi connectivity index (χ3v) is 2.75. The van der Waals surface area contributed by atoms with E-state index >= 15 is 0 Å². The summed E-state index contributed by atoms with van der Waals surface area (Å²) in [4.78, 5) is 0. The van der Waals surface area contributed by atoms with Gasteiger partial charge in [0.15, 0.2) is 0 Å². The molecule has 0 spiro atoms. The fraction of sp³-hybridized carbons (Fsp3) is 0.538. The van der Waals surface area contributed by atoms with Crippen LogP contribution in [0.2, 0.25) is 0 Å². The zero-order valence-corrected chi connectivity index (χ0v) is 9.93. The van der Waals surface area contributed by atoms with Crippen molar-refractivity contribution in [2.75, 3.05) is 6.61 Å². The van der Waals surface area contributed by atoms with Gasteiger partial charge in [-0.2, -0.15) is 0 Å². The summed E-state index contributed by atoms with van der Waals surface area (Å²) in [7, 11) is 0. The molecule has 1 atom stereocenters. The minimum Gasteiger partial charge on any atom is -0.396 e. The summed E-state index contributed by atoms with van der Waals surface area (Å²) in [5.41, 5.74) is 0.474. The van der Waals surface area contributed by atoms with Gasteiger partial charge in [-0.15, -0.1) is 0 Å². The van der Waals surface area contributed by atoms with Gasteiger partial charge in [-0.3, -0.25) is 0 Å². The summed E-state index contributed by atoms with van der Waals surface area (Å²) >= 11 is 0. The van der Waals surface area contributed by atoms with Gasteiger partial charge in [0.1, 0.15) is 11.6 Å². The number of halogens is 2. The van der Waals surface area contributed by atoms with Crippen LogP contribution in [0.15, 0.2) is 18.2 Å². The Hall–Kier alpha value is -0.960. The summed E-state index contributed by atoms with van der Waals surface area (Å²) in [6.07, 6.45) is 0.506. The molecule has 1 N–H and O–H groups in total. The fourth-order valence-corrected chi connectivity index (χ4v) is 2.01. The molecule has 0 saturated carbocycles. The second-order valence-corrected chi connectivity index (χ2v) is 5.13. The largest absolute Gasteiger partial charge is 0.396 e. The third kappa shape index (κ3) is 3.27. The Balaban J connectivity index is 3.10. The second kappa shape index (κ2) is 4.91. The summed E-state index contributed by atoms with van der Waals surface area (Å²) in [6, 6.07) is 3.55. The van der Waals surface area contributed by atoms with Gasteiger partial charge in [0.25, 0.3) is 0 Å². The maximum absolute atomic E-state index is 13.1. The SMILES string of the molecule is CC(C)(C)C(CCO)c1cc(F)cc(F)c1. The van der Waals surface area contributed by atoms with Gasteiger partial charge in [0, 0.05) is 12.7 Å². The van der Waals surface area contributed by atoms with E-state index < -0.39 is 11.6 Å². The lowest BCUT2D eigenvalue weighted by molar-refractivity contribution is 0.223. The summed E-state index contributed by atoms with van der Waals surface area (Å²) in [5, 5.41) is 9.01. The van der Waals surface area contributed by atoms with Crippen LogP contribution >= 0.6 is 0 Å². The molecule has 0 bridgehead atoms. The first-order valence-corrected chi connectivity index (χ1v) is 5.41. The van der Waals surface area contributed by atoms with Crippen LogP contribution in [0.5, 0.6) is 0 Å². The van der Waals surface area contributed by atoms with Crippen LogP contribution in [0.4, 0.5) is 8.78 Å². The monoisotopic (exact) mass is 228 g/mol. The molecule has 0 saturated heterocycles. The lowest BCUT2D eigenvalue weighted by Gasteiger charge is -2.30. The van der Waals surface area contributed by atoms with E-state index in [-0.39, 0.29) is 17.9 Å².